The lowest BCUT2D eigenvalue weighted by molar-refractivity contribution is -0.136. The van der Waals surface area contributed by atoms with E-state index in [0.717, 1.165) is 49.4 Å². The molecule has 0 spiro atoms. The normalized spacial score (nSPS) is 16.1. The Bertz CT molecular complexity index is 910. The molecule has 2 aromatic rings. The number of carbonyl (C=O) groups is 1. The van der Waals surface area contributed by atoms with Gasteiger partial charge in [-0.1, -0.05) is 29.8 Å². The van der Waals surface area contributed by atoms with E-state index < -0.39 is 5.97 Å². The molecule has 0 amide bonds. The maximum absolute atomic E-state index is 10.8. The molecule has 0 aromatic heterocycles. The van der Waals surface area contributed by atoms with Crippen LogP contribution >= 0.6 is 11.6 Å². The lowest BCUT2D eigenvalue weighted by atomic mass is 9.95. The third-order valence-electron chi connectivity index (χ3n) is 5.83. The molecule has 1 aliphatic heterocycles. The van der Waals surface area contributed by atoms with Crippen LogP contribution < -0.4 is 14.4 Å². The van der Waals surface area contributed by atoms with Crippen LogP contribution in [0.3, 0.4) is 0 Å². The van der Waals surface area contributed by atoms with E-state index in [1.54, 1.807) is 7.11 Å². The Labute approximate surface area is 176 Å². The Morgan fingerprint density at radius 1 is 1.21 bits per heavy atom. The minimum Gasteiger partial charge on any atom is -0.493 e. The fourth-order valence-electron chi connectivity index (χ4n) is 3.91. The SMILES string of the molecule is COc1cc(Cl)c(N2CCc3cc(CCC(=O)O)ccc3C2)cc1OC1CCC1. The topological polar surface area (TPSA) is 59.0 Å². The second-order valence-corrected chi connectivity index (χ2v) is 8.20. The number of fused-ring (bicyclic) bond motifs is 1. The molecule has 5 nitrogen and oxygen atoms in total. The van der Waals surface area contributed by atoms with Gasteiger partial charge in [-0.25, -0.2) is 0 Å². The quantitative estimate of drug-likeness (QED) is 0.699. The number of ether oxygens (including phenoxy) is 2. The molecule has 0 bridgehead atoms. The number of hydrogen-bond donors (Lipinski definition) is 1. The number of hydrogen-bond acceptors (Lipinski definition) is 4. The van der Waals surface area contributed by atoms with Crippen LogP contribution in [0.1, 0.15) is 42.4 Å². The number of carboxylic acids is 1. The highest BCUT2D eigenvalue weighted by Crippen LogP contribution is 2.41. The van der Waals surface area contributed by atoms with Crippen molar-refractivity contribution in [2.45, 2.75) is 51.2 Å². The monoisotopic (exact) mass is 415 g/mol. The van der Waals surface area contributed by atoms with Crippen molar-refractivity contribution in [3.63, 3.8) is 0 Å². The molecule has 0 unspecified atom stereocenters. The average molecular weight is 416 g/mol. The van der Waals surface area contributed by atoms with Gasteiger partial charge in [0.2, 0.25) is 0 Å². The van der Waals surface area contributed by atoms with E-state index in [1.165, 1.54) is 17.5 Å². The zero-order valence-corrected chi connectivity index (χ0v) is 17.4. The van der Waals surface area contributed by atoms with Crippen molar-refractivity contribution in [1.29, 1.82) is 0 Å². The number of carboxylic acid groups (broad SMARTS) is 1. The van der Waals surface area contributed by atoms with E-state index in [2.05, 4.69) is 17.0 Å². The van der Waals surface area contributed by atoms with Gasteiger partial charge in [-0.15, -0.1) is 0 Å². The second kappa shape index (κ2) is 8.54. The maximum atomic E-state index is 10.8. The van der Waals surface area contributed by atoms with E-state index in [0.29, 0.717) is 17.2 Å². The van der Waals surface area contributed by atoms with Gasteiger partial charge >= 0.3 is 5.97 Å². The lowest BCUT2D eigenvalue weighted by Crippen LogP contribution is -2.31. The highest BCUT2D eigenvalue weighted by molar-refractivity contribution is 6.33. The molecule has 1 aliphatic carbocycles. The summed E-state index contributed by atoms with van der Waals surface area (Å²) in [6.07, 6.45) is 5.28. The van der Waals surface area contributed by atoms with Gasteiger partial charge in [0.1, 0.15) is 0 Å². The summed E-state index contributed by atoms with van der Waals surface area (Å²) in [4.78, 5) is 13.1. The molecule has 1 heterocycles. The zero-order chi connectivity index (χ0) is 20.4. The van der Waals surface area contributed by atoms with Gasteiger partial charge < -0.3 is 19.5 Å². The molecule has 29 heavy (non-hydrogen) atoms. The molecule has 4 rings (SSSR count). The maximum Gasteiger partial charge on any atom is 0.303 e. The molecule has 1 N–H and O–H groups in total. The van der Waals surface area contributed by atoms with Crippen molar-refractivity contribution < 1.29 is 19.4 Å². The van der Waals surface area contributed by atoms with Crippen LogP contribution in [0.4, 0.5) is 5.69 Å². The van der Waals surface area contributed by atoms with Crippen molar-refractivity contribution in [3.8, 4) is 11.5 Å². The summed E-state index contributed by atoms with van der Waals surface area (Å²) in [5.41, 5.74) is 4.59. The minimum absolute atomic E-state index is 0.163. The average Bonchev–Trinajstić information content (AvgIpc) is 2.69. The smallest absolute Gasteiger partial charge is 0.303 e. The molecule has 0 atom stereocenters. The first kappa shape index (κ1) is 19.9. The summed E-state index contributed by atoms with van der Waals surface area (Å²) >= 11 is 6.59. The highest BCUT2D eigenvalue weighted by Gasteiger charge is 2.24. The van der Waals surface area contributed by atoms with Crippen LogP contribution in [0.25, 0.3) is 0 Å². The Kier molecular flexibility index (Phi) is 5.86. The summed E-state index contributed by atoms with van der Waals surface area (Å²) in [5.74, 6) is 0.667. The summed E-state index contributed by atoms with van der Waals surface area (Å²) in [5, 5.41) is 9.55. The summed E-state index contributed by atoms with van der Waals surface area (Å²) in [6.45, 7) is 1.62. The Balaban J connectivity index is 1.53. The third kappa shape index (κ3) is 4.45. The number of benzene rings is 2. The van der Waals surface area contributed by atoms with Gasteiger partial charge in [-0.3, -0.25) is 4.79 Å². The van der Waals surface area contributed by atoms with Crippen molar-refractivity contribution in [1.82, 2.24) is 0 Å². The number of halogens is 1. The van der Waals surface area contributed by atoms with Gasteiger partial charge in [0.25, 0.3) is 0 Å². The summed E-state index contributed by atoms with van der Waals surface area (Å²) in [6, 6.07) is 10.1. The second-order valence-electron chi connectivity index (χ2n) is 7.79. The molecule has 1 fully saturated rings. The van der Waals surface area contributed by atoms with Crippen molar-refractivity contribution in [2.24, 2.45) is 0 Å². The van der Waals surface area contributed by atoms with Crippen molar-refractivity contribution in [3.05, 3.63) is 52.0 Å². The Morgan fingerprint density at radius 2 is 2.03 bits per heavy atom. The molecule has 0 radical (unpaired) electrons. The van der Waals surface area contributed by atoms with Crippen LogP contribution in [-0.4, -0.2) is 30.8 Å². The van der Waals surface area contributed by atoms with Gasteiger partial charge in [0, 0.05) is 31.6 Å². The van der Waals surface area contributed by atoms with E-state index in [9.17, 15) is 4.79 Å². The lowest BCUT2D eigenvalue weighted by Gasteiger charge is -2.33. The van der Waals surface area contributed by atoms with Crippen LogP contribution in [0.2, 0.25) is 5.02 Å². The van der Waals surface area contributed by atoms with Crippen molar-refractivity contribution in [2.75, 3.05) is 18.6 Å². The molecule has 2 aromatic carbocycles. The van der Waals surface area contributed by atoms with Gasteiger partial charge in [-0.2, -0.15) is 0 Å². The standard InChI is InChI=1S/C23H26ClNO4/c1-28-21-12-19(24)20(13-22(21)29-18-3-2-4-18)25-10-9-16-11-15(6-8-23(26)27)5-7-17(16)14-25/h5,7,11-13,18H,2-4,6,8-10,14H2,1H3,(H,26,27). The molecule has 1 saturated carbocycles. The Hall–Kier alpha value is -2.40. The highest BCUT2D eigenvalue weighted by atomic mass is 35.5. The fraction of sp³-hybridized carbons (Fsp3) is 0.435. The molecule has 2 aliphatic rings. The zero-order valence-electron chi connectivity index (χ0n) is 16.6. The predicted octanol–water partition coefficient (Wildman–Crippen LogP) is 4.86. The number of rotatable bonds is 7. The minimum atomic E-state index is -0.761. The summed E-state index contributed by atoms with van der Waals surface area (Å²) < 4.78 is 11.6. The van der Waals surface area contributed by atoms with E-state index in [-0.39, 0.29) is 12.5 Å². The molecule has 6 heteroatoms. The largest absolute Gasteiger partial charge is 0.493 e. The number of nitrogens with zero attached hydrogens (tertiary/aromatic N) is 1. The van der Waals surface area contributed by atoms with E-state index in [1.807, 2.05) is 18.2 Å². The molecular weight excluding hydrogens is 390 g/mol. The summed E-state index contributed by atoms with van der Waals surface area (Å²) in [7, 11) is 1.64. The first-order valence-corrected chi connectivity index (χ1v) is 10.5. The Morgan fingerprint density at radius 3 is 2.72 bits per heavy atom. The molecule has 154 valence electrons. The molecule has 0 saturated heterocycles. The van der Waals surface area contributed by atoms with E-state index in [4.69, 9.17) is 26.2 Å². The first-order chi connectivity index (χ1) is 14.0. The predicted molar refractivity (Wildman–Crippen MR) is 113 cm³/mol. The van der Waals surface area contributed by atoms with Gasteiger partial charge in [0.15, 0.2) is 11.5 Å². The fourth-order valence-corrected chi connectivity index (χ4v) is 4.18. The van der Waals surface area contributed by atoms with Gasteiger partial charge in [0.05, 0.1) is 23.9 Å². The number of anilines is 1. The van der Waals surface area contributed by atoms with Crippen LogP contribution in [0.5, 0.6) is 11.5 Å². The number of aryl methyl sites for hydroxylation is 1. The van der Waals surface area contributed by atoms with Crippen LogP contribution in [-0.2, 0) is 24.2 Å². The number of aliphatic carboxylic acids is 1. The van der Waals surface area contributed by atoms with E-state index >= 15 is 0 Å². The van der Waals surface area contributed by atoms with Crippen LogP contribution in [0.15, 0.2) is 30.3 Å². The number of methoxy groups -OCH3 is 1. The third-order valence-corrected chi connectivity index (χ3v) is 6.13. The molecular formula is C23H26ClNO4. The van der Waals surface area contributed by atoms with Crippen molar-refractivity contribution >= 4 is 23.3 Å². The first-order valence-electron chi connectivity index (χ1n) is 10.1. The van der Waals surface area contributed by atoms with Gasteiger partial charge in [-0.05, 0) is 48.8 Å². The van der Waals surface area contributed by atoms with Crippen LogP contribution in [0, 0.1) is 0 Å².